The van der Waals surface area contributed by atoms with Crippen LogP contribution in [-0.4, -0.2) is 46.2 Å². The number of nitriles is 1. The van der Waals surface area contributed by atoms with E-state index in [0.29, 0.717) is 5.92 Å². The highest BCUT2D eigenvalue weighted by Crippen LogP contribution is 2.29. The summed E-state index contributed by atoms with van der Waals surface area (Å²) in [5.74, 6) is 0.568. The van der Waals surface area contributed by atoms with Crippen LogP contribution in [0.25, 0.3) is 0 Å². The van der Waals surface area contributed by atoms with Gasteiger partial charge in [0.05, 0.1) is 23.8 Å². The summed E-state index contributed by atoms with van der Waals surface area (Å²) in [6, 6.07) is 2.41. The van der Waals surface area contributed by atoms with E-state index in [1.165, 1.54) is 0 Å². The Morgan fingerprint density at radius 1 is 1.60 bits per heavy atom. The average Bonchev–Trinajstić information content (AvgIpc) is 3.14. The Morgan fingerprint density at radius 2 is 2.50 bits per heavy atom. The van der Waals surface area contributed by atoms with Gasteiger partial charge in [0.1, 0.15) is 0 Å². The molecular formula is C14H21N5O. The summed E-state index contributed by atoms with van der Waals surface area (Å²) < 4.78 is 7.30. The molecule has 2 unspecified atom stereocenters. The second kappa shape index (κ2) is 5.51. The Hall–Kier alpha value is -1.45. The molecule has 1 aromatic rings. The maximum Gasteiger partial charge on any atom is 0.0967 e. The minimum absolute atomic E-state index is 0.197. The normalized spacial score (nSPS) is 30.7. The molecule has 0 aromatic carbocycles. The van der Waals surface area contributed by atoms with Gasteiger partial charge in [-0.3, -0.25) is 9.58 Å². The topological polar surface area (TPSA) is 67.0 Å². The van der Waals surface area contributed by atoms with Gasteiger partial charge in [0.15, 0.2) is 0 Å². The molecule has 0 saturated carbocycles. The van der Waals surface area contributed by atoms with Crippen LogP contribution in [0.5, 0.6) is 0 Å². The molecular weight excluding hydrogens is 254 g/mol. The lowest BCUT2D eigenvalue weighted by molar-refractivity contribution is 0.181. The first-order chi connectivity index (χ1) is 9.67. The molecule has 3 heterocycles. The number of likely N-dealkylation sites (tertiary alicyclic amines) is 1. The van der Waals surface area contributed by atoms with Crippen LogP contribution >= 0.6 is 0 Å². The Balaban J connectivity index is 1.54. The SMILES string of the molecule is CC1(C#N)CCN(Cc2cn(CC3CCOC3)nn2)C1. The van der Waals surface area contributed by atoms with Crippen LogP contribution in [0.2, 0.25) is 0 Å². The van der Waals surface area contributed by atoms with Gasteiger partial charge in [0.25, 0.3) is 0 Å². The lowest BCUT2D eigenvalue weighted by Crippen LogP contribution is -2.23. The van der Waals surface area contributed by atoms with E-state index >= 15 is 0 Å². The zero-order chi connectivity index (χ0) is 14.0. The quantitative estimate of drug-likeness (QED) is 0.821. The molecule has 0 amide bonds. The zero-order valence-corrected chi connectivity index (χ0v) is 12.0. The van der Waals surface area contributed by atoms with Crippen LogP contribution in [0, 0.1) is 22.7 Å². The molecule has 6 heteroatoms. The minimum atomic E-state index is -0.197. The number of rotatable bonds is 4. The first-order valence-electron chi connectivity index (χ1n) is 7.27. The molecule has 2 atom stereocenters. The van der Waals surface area contributed by atoms with Crippen molar-refractivity contribution in [3.05, 3.63) is 11.9 Å². The predicted molar refractivity (Wildman–Crippen MR) is 72.6 cm³/mol. The van der Waals surface area contributed by atoms with Crippen LogP contribution in [0.15, 0.2) is 6.20 Å². The maximum atomic E-state index is 9.15. The van der Waals surface area contributed by atoms with Crippen LogP contribution in [-0.2, 0) is 17.8 Å². The maximum absolute atomic E-state index is 9.15. The molecule has 1 aromatic heterocycles. The van der Waals surface area contributed by atoms with Crippen molar-refractivity contribution in [2.75, 3.05) is 26.3 Å². The van der Waals surface area contributed by atoms with E-state index in [9.17, 15) is 0 Å². The van der Waals surface area contributed by atoms with Gasteiger partial charge in [-0.25, -0.2) is 0 Å². The third-order valence-electron chi connectivity index (χ3n) is 4.26. The Morgan fingerprint density at radius 3 is 3.20 bits per heavy atom. The van der Waals surface area contributed by atoms with Gasteiger partial charge in [-0.1, -0.05) is 5.21 Å². The predicted octanol–water partition coefficient (Wildman–Crippen LogP) is 1.05. The highest BCUT2D eigenvalue weighted by molar-refractivity contribution is 5.03. The van der Waals surface area contributed by atoms with E-state index in [4.69, 9.17) is 10.00 Å². The van der Waals surface area contributed by atoms with Gasteiger partial charge in [-0.05, 0) is 19.8 Å². The van der Waals surface area contributed by atoms with Crippen molar-refractivity contribution in [1.82, 2.24) is 19.9 Å². The summed E-state index contributed by atoms with van der Waals surface area (Å²) in [7, 11) is 0. The minimum Gasteiger partial charge on any atom is -0.381 e. The lowest BCUT2D eigenvalue weighted by Gasteiger charge is -2.16. The van der Waals surface area contributed by atoms with E-state index in [1.54, 1.807) is 0 Å². The number of hydrogen-bond acceptors (Lipinski definition) is 5. The average molecular weight is 275 g/mol. The van der Waals surface area contributed by atoms with Crippen molar-refractivity contribution in [2.24, 2.45) is 11.3 Å². The molecule has 6 nitrogen and oxygen atoms in total. The number of ether oxygens (including phenoxy) is 1. The fraction of sp³-hybridized carbons (Fsp3) is 0.786. The first-order valence-corrected chi connectivity index (χ1v) is 7.27. The zero-order valence-electron chi connectivity index (χ0n) is 12.0. The summed E-state index contributed by atoms with van der Waals surface area (Å²) in [5.41, 5.74) is 0.795. The molecule has 2 saturated heterocycles. The molecule has 2 fully saturated rings. The molecule has 0 radical (unpaired) electrons. The first kappa shape index (κ1) is 13.5. The van der Waals surface area contributed by atoms with Crippen molar-refractivity contribution < 1.29 is 4.74 Å². The molecule has 0 spiro atoms. The van der Waals surface area contributed by atoms with Crippen molar-refractivity contribution in [1.29, 1.82) is 5.26 Å². The fourth-order valence-electron chi connectivity index (χ4n) is 3.00. The van der Waals surface area contributed by atoms with E-state index in [0.717, 1.165) is 57.9 Å². The monoisotopic (exact) mass is 275 g/mol. The summed E-state index contributed by atoms with van der Waals surface area (Å²) in [6.45, 7) is 7.21. The summed E-state index contributed by atoms with van der Waals surface area (Å²) in [5, 5.41) is 17.6. The Kier molecular flexibility index (Phi) is 3.72. The van der Waals surface area contributed by atoms with E-state index in [1.807, 2.05) is 17.8 Å². The molecule has 2 aliphatic heterocycles. The number of hydrogen-bond donors (Lipinski definition) is 0. The molecule has 0 aliphatic carbocycles. The van der Waals surface area contributed by atoms with Gasteiger partial charge in [0.2, 0.25) is 0 Å². The standard InChI is InChI=1S/C14H21N5O/c1-14(10-15)3-4-18(11-14)7-13-8-19(17-16-13)6-12-2-5-20-9-12/h8,12H,2-7,9,11H2,1H3. The van der Waals surface area contributed by atoms with Crippen molar-refractivity contribution in [3.8, 4) is 6.07 Å². The van der Waals surface area contributed by atoms with E-state index < -0.39 is 0 Å². The fourth-order valence-corrected chi connectivity index (χ4v) is 3.00. The van der Waals surface area contributed by atoms with Crippen molar-refractivity contribution >= 4 is 0 Å². The summed E-state index contributed by atoms with van der Waals surface area (Å²) in [6.07, 6.45) is 4.08. The third kappa shape index (κ3) is 3.00. The molecule has 0 bridgehead atoms. The van der Waals surface area contributed by atoms with Gasteiger partial charge < -0.3 is 4.74 Å². The highest BCUT2D eigenvalue weighted by atomic mass is 16.5. The van der Waals surface area contributed by atoms with Gasteiger partial charge in [0, 0.05) is 44.9 Å². The number of aromatic nitrogens is 3. The van der Waals surface area contributed by atoms with Crippen molar-refractivity contribution in [2.45, 2.75) is 32.9 Å². The Labute approximate surface area is 119 Å². The summed E-state index contributed by atoms with van der Waals surface area (Å²) >= 11 is 0. The molecule has 108 valence electrons. The molecule has 20 heavy (non-hydrogen) atoms. The van der Waals surface area contributed by atoms with Crippen molar-refractivity contribution in [3.63, 3.8) is 0 Å². The van der Waals surface area contributed by atoms with Crippen LogP contribution in [0.4, 0.5) is 0 Å². The smallest absolute Gasteiger partial charge is 0.0967 e. The van der Waals surface area contributed by atoms with Crippen LogP contribution < -0.4 is 0 Å². The second-order valence-electron chi connectivity index (χ2n) is 6.29. The lowest BCUT2D eigenvalue weighted by atomic mass is 9.92. The van der Waals surface area contributed by atoms with E-state index in [2.05, 4.69) is 21.3 Å². The van der Waals surface area contributed by atoms with Gasteiger partial charge >= 0.3 is 0 Å². The van der Waals surface area contributed by atoms with Gasteiger partial charge in [-0.15, -0.1) is 5.10 Å². The van der Waals surface area contributed by atoms with Crippen LogP contribution in [0.3, 0.4) is 0 Å². The van der Waals surface area contributed by atoms with Gasteiger partial charge in [-0.2, -0.15) is 5.26 Å². The second-order valence-corrected chi connectivity index (χ2v) is 6.29. The number of nitrogens with zero attached hydrogens (tertiary/aromatic N) is 5. The van der Waals surface area contributed by atoms with Crippen LogP contribution in [0.1, 0.15) is 25.5 Å². The summed E-state index contributed by atoms with van der Waals surface area (Å²) in [4.78, 5) is 2.29. The molecule has 3 rings (SSSR count). The van der Waals surface area contributed by atoms with E-state index in [-0.39, 0.29) is 5.41 Å². The molecule has 0 N–H and O–H groups in total. The highest BCUT2D eigenvalue weighted by Gasteiger charge is 2.33. The third-order valence-corrected chi connectivity index (χ3v) is 4.26. The largest absolute Gasteiger partial charge is 0.381 e. The molecule has 2 aliphatic rings. The Bertz CT molecular complexity index is 502.